The van der Waals surface area contributed by atoms with E-state index < -0.39 is 5.54 Å². The molecule has 0 bridgehead atoms. The highest BCUT2D eigenvalue weighted by Crippen LogP contribution is 2.19. The Hall–Kier alpha value is -2.14. The average molecular weight is 375 g/mol. The molecule has 120 valence electrons. The summed E-state index contributed by atoms with van der Waals surface area (Å²) in [5.74, 6) is -0.588. The zero-order valence-electron chi connectivity index (χ0n) is 13.3. The van der Waals surface area contributed by atoms with Crippen LogP contribution in [0.1, 0.15) is 41.5 Å². The smallest absolute Gasteiger partial charge is 0.267 e. The SMILES string of the molecule is CC(C)(C)N(NC(=O)c1ccccc1Br)C(=O)c1ccccc1. The zero-order chi connectivity index (χ0) is 17.0. The van der Waals surface area contributed by atoms with Crippen molar-refractivity contribution in [3.05, 3.63) is 70.2 Å². The second kappa shape index (κ2) is 6.96. The van der Waals surface area contributed by atoms with Crippen molar-refractivity contribution in [3.63, 3.8) is 0 Å². The molecule has 2 rings (SSSR count). The second-order valence-corrected chi connectivity index (χ2v) is 6.95. The zero-order valence-corrected chi connectivity index (χ0v) is 14.9. The van der Waals surface area contributed by atoms with Gasteiger partial charge < -0.3 is 0 Å². The molecule has 5 heteroatoms. The minimum Gasteiger partial charge on any atom is -0.267 e. The molecule has 0 fully saturated rings. The number of halogens is 1. The minimum atomic E-state index is -0.566. The van der Waals surface area contributed by atoms with E-state index in [1.165, 1.54) is 5.01 Å². The van der Waals surface area contributed by atoms with E-state index >= 15 is 0 Å². The number of carbonyl (C=O) groups excluding carboxylic acids is 2. The number of carbonyl (C=O) groups is 2. The summed E-state index contributed by atoms with van der Waals surface area (Å²) in [4.78, 5) is 25.3. The predicted molar refractivity (Wildman–Crippen MR) is 94.0 cm³/mol. The third-order valence-electron chi connectivity index (χ3n) is 3.23. The Balaban J connectivity index is 2.29. The maximum absolute atomic E-state index is 12.7. The third-order valence-corrected chi connectivity index (χ3v) is 3.92. The number of hydrazine groups is 1. The van der Waals surface area contributed by atoms with Crippen molar-refractivity contribution in [1.29, 1.82) is 0 Å². The third kappa shape index (κ3) is 4.20. The van der Waals surface area contributed by atoms with Crippen molar-refractivity contribution in [3.8, 4) is 0 Å². The van der Waals surface area contributed by atoms with E-state index in [2.05, 4.69) is 21.4 Å². The molecule has 2 aromatic rings. The summed E-state index contributed by atoms with van der Waals surface area (Å²) < 4.78 is 0.679. The van der Waals surface area contributed by atoms with Gasteiger partial charge in [0, 0.05) is 10.0 Å². The first-order chi connectivity index (χ1) is 10.8. The fourth-order valence-electron chi connectivity index (χ4n) is 2.04. The lowest BCUT2D eigenvalue weighted by Crippen LogP contribution is -2.55. The molecule has 0 atom stereocenters. The molecule has 4 nitrogen and oxygen atoms in total. The van der Waals surface area contributed by atoms with Gasteiger partial charge in [0.2, 0.25) is 0 Å². The molecule has 0 heterocycles. The van der Waals surface area contributed by atoms with Crippen molar-refractivity contribution in [2.45, 2.75) is 26.3 Å². The normalized spacial score (nSPS) is 11.0. The number of hydrogen-bond acceptors (Lipinski definition) is 2. The summed E-state index contributed by atoms with van der Waals surface area (Å²) in [7, 11) is 0. The molecule has 2 amide bonds. The first-order valence-electron chi connectivity index (χ1n) is 7.26. The Labute approximate surface area is 144 Å². The van der Waals surface area contributed by atoms with Crippen LogP contribution in [0.15, 0.2) is 59.1 Å². The van der Waals surface area contributed by atoms with Crippen LogP contribution in [0.3, 0.4) is 0 Å². The van der Waals surface area contributed by atoms with Crippen molar-refractivity contribution < 1.29 is 9.59 Å². The quantitative estimate of drug-likeness (QED) is 0.806. The number of nitrogens with zero attached hydrogens (tertiary/aromatic N) is 1. The average Bonchev–Trinajstić information content (AvgIpc) is 2.52. The molecule has 0 aliphatic rings. The molecular weight excluding hydrogens is 356 g/mol. The van der Waals surface area contributed by atoms with Gasteiger partial charge in [-0.2, -0.15) is 0 Å². The fraction of sp³-hybridized carbons (Fsp3) is 0.222. The maximum Gasteiger partial charge on any atom is 0.272 e. The van der Waals surface area contributed by atoms with E-state index in [1.807, 2.05) is 32.9 Å². The Morgan fingerprint density at radius 1 is 0.957 bits per heavy atom. The number of amides is 2. The van der Waals surface area contributed by atoms with Crippen LogP contribution in [0.5, 0.6) is 0 Å². The lowest BCUT2D eigenvalue weighted by Gasteiger charge is -2.35. The van der Waals surface area contributed by atoms with E-state index in [1.54, 1.807) is 42.5 Å². The Bertz CT molecular complexity index is 708. The van der Waals surface area contributed by atoms with Crippen LogP contribution in [0.2, 0.25) is 0 Å². The summed E-state index contributed by atoms with van der Waals surface area (Å²) >= 11 is 3.35. The predicted octanol–water partition coefficient (Wildman–Crippen LogP) is 4.03. The van der Waals surface area contributed by atoms with E-state index in [-0.39, 0.29) is 11.8 Å². The first kappa shape index (κ1) is 17.2. The highest BCUT2D eigenvalue weighted by molar-refractivity contribution is 9.10. The fourth-order valence-corrected chi connectivity index (χ4v) is 2.50. The molecule has 0 spiro atoms. The lowest BCUT2D eigenvalue weighted by molar-refractivity contribution is 0.0358. The largest absolute Gasteiger partial charge is 0.272 e. The number of benzene rings is 2. The van der Waals surface area contributed by atoms with Gasteiger partial charge in [-0.1, -0.05) is 30.3 Å². The van der Waals surface area contributed by atoms with Crippen LogP contribution in [-0.4, -0.2) is 22.4 Å². The Morgan fingerprint density at radius 3 is 2.09 bits per heavy atom. The molecule has 0 saturated heterocycles. The summed E-state index contributed by atoms with van der Waals surface area (Å²) in [6.45, 7) is 5.61. The van der Waals surface area contributed by atoms with Crippen LogP contribution in [0.25, 0.3) is 0 Å². The number of rotatable bonds is 2. The molecule has 2 aromatic carbocycles. The monoisotopic (exact) mass is 374 g/mol. The summed E-state index contributed by atoms with van der Waals surface area (Å²) in [5.41, 5.74) is 3.16. The Morgan fingerprint density at radius 2 is 1.52 bits per heavy atom. The second-order valence-electron chi connectivity index (χ2n) is 6.10. The van der Waals surface area contributed by atoms with Crippen LogP contribution in [-0.2, 0) is 0 Å². The van der Waals surface area contributed by atoms with Crippen LogP contribution in [0, 0.1) is 0 Å². The topological polar surface area (TPSA) is 49.4 Å². The van der Waals surface area contributed by atoms with Gasteiger partial charge in [0.1, 0.15) is 0 Å². The van der Waals surface area contributed by atoms with E-state index in [0.717, 1.165) is 0 Å². The molecule has 0 radical (unpaired) electrons. The molecule has 0 aliphatic heterocycles. The standard InChI is InChI=1S/C18H19BrN2O2/c1-18(2,3)21(17(23)13-9-5-4-6-10-13)20-16(22)14-11-7-8-12-15(14)19/h4-12H,1-3H3,(H,20,22). The first-order valence-corrected chi connectivity index (χ1v) is 8.05. The van der Waals surface area contributed by atoms with E-state index in [4.69, 9.17) is 0 Å². The molecule has 0 aliphatic carbocycles. The van der Waals surface area contributed by atoms with Gasteiger partial charge in [0.15, 0.2) is 0 Å². The minimum absolute atomic E-state index is 0.251. The Kier molecular flexibility index (Phi) is 5.21. The number of nitrogens with one attached hydrogen (secondary N) is 1. The van der Waals surface area contributed by atoms with Gasteiger partial charge in [-0.25, -0.2) is 5.01 Å². The van der Waals surface area contributed by atoms with Gasteiger partial charge in [-0.15, -0.1) is 0 Å². The van der Waals surface area contributed by atoms with Gasteiger partial charge >= 0.3 is 0 Å². The van der Waals surface area contributed by atoms with E-state index in [0.29, 0.717) is 15.6 Å². The highest BCUT2D eigenvalue weighted by atomic mass is 79.9. The summed E-state index contributed by atoms with van der Waals surface area (Å²) in [5, 5.41) is 1.37. The van der Waals surface area contributed by atoms with Gasteiger partial charge in [0.25, 0.3) is 11.8 Å². The molecule has 0 aromatic heterocycles. The van der Waals surface area contributed by atoms with E-state index in [9.17, 15) is 9.59 Å². The molecule has 1 N–H and O–H groups in total. The molecule has 0 saturated carbocycles. The van der Waals surface area contributed by atoms with Crippen molar-refractivity contribution >= 4 is 27.7 Å². The van der Waals surface area contributed by atoms with Crippen LogP contribution >= 0.6 is 15.9 Å². The summed E-state index contributed by atoms with van der Waals surface area (Å²) in [6, 6.07) is 16.0. The molecular formula is C18H19BrN2O2. The maximum atomic E-state index is 12.7. The summed E-state index contributed by atoms with van der Waals surface area (Å²) in [6.07, 6.45) is 0. The van der Waals surface area contributed by atoms with Gasteiger partial charge in [0.05, 0.1) is 11.1 Å². The molecule has 0 unspecified atom stereocenters. The van der Waals surface area contributed by atoms with Gasteiger partial charge in [-0.3, -0.25) is 15.0 Å². The van der Waals surface area contributed by atoms with Crippen molar-refractivity contribution in [1.82, 2.24) is 10.4 Å². The van der Waals surface area contributed by atoms with Crippen LogP contribution in [0.4, 0.5) is 0 Å². The lowest BCUT2D eigenvalue weighted by atomic mass is 10.1. The van der Waals surface area contributed by atoms with Crippen molar-refractivity contribution in [2.24, 2.45) is 0 Å². The van der Waals surface area contributed by atoms with Crippen LogP contribution < -0.4 is 5.43 Å². The van der Waals surface area contributed by atoms with Crippen molar-refractivity contribution in [2.75, 3.05) is 0 Å². The number of hydrogen-bond donors (Lipinski definition) is 1. The van der Waals surface area contributed by atoms with Gasteiger partial charge in [-0.05, 0) is 61.0 Å². The highest BCUT2D eigenvalue weighted by Gasteiger charge is 2.29. The molecule has 23 heavy (non-hydrogen) atoms.